The SMILES string of the molecule is CC(C)=CCC/C(=C/C=O)Cc1ccc(-c2ccoc2C=O)c(/C=C/C=O)c1. The molecule has 0 saturated carbocycles. The predicted octanol–water partition coefficient (Wildman–Crippen LogP) is 5.39. The standard InChI is InChI=1S/C24H24O4/c1-18(2)5-3-6-19(10-13-26)15-20-8-9-22(21(16-20)7-4-12-25)23-11-14-28-24(23)17-27/h4-5,7-14,16-17H,3,6,15H2,1-2H3/b7-4+,19-10-. The van der Waals surface area contributed by atoms with Gasteiger partial charge in [-0.05, 0) is 68.0 Å². The summed E-state index contributed by atoms with van der Waals surface area (Å²) in [4.78, 5) is 33.0. The van der Waals surface area contributed by atoms with E-state index in [-0.39, 0.29) is 5.76 Å². The summed E-state index contributed by atoms with van der Waals surface area (Å²) in [6.45, 7) is 4.11. The molecule has 0 N–H and O–H groups in total. The first-order valence-corrected chi connectivity index (χ1v) is 9.13. The van der Waals surface area contributed by atoms with Crippen molar-refractivity contribution in [2.45, 2.75) is 33.1 Å². The van der Waals surface area contributed by atoms with Crippen LogP contribution in [0, 0.1) is 0 Å². The molecule has 1 heterocycles. The Hall–Kier alpha value is -3.27. The van der Waals surface area contributed by atoms with Crippen LogP contribution in [0.15, 0.2) is 64.3 Å². The fraction of sp³-hybridized carbons (Fsp3) is 0.208. The molecule has 0 bridgehead atoms. The summed E-state index contributed by atoms with van der Waals surface area (Å²) in [5, 5.41) is 0. The molecule has 1 aromatic carbocycles. The average Bonchev–Trinajstić information content (AvgIpc) is 3.15. The van der Waals surface area contributed by atoms with Crippen LogP contribution in [0.25, 0.3) is 17.2 Å². The molecular weight excluding hydrogens is 352 g/mol. The van der Waals surface area contributed by atoms with E-state index in [1.165, 1.54) is 17.9 Å². The van der Waals surface area contributed by atoms with Gasteiger partial charge >= 0.3 is 0 Å². The molecule has 0 aliphatic heterocycles. The molecule has 2 rings (SSSR count). The number of rotatable bonds is 10. The Morgan fingerprint density at radius 2 is 1.86 bits per heavy atom. The van der Waals surface area contributed by atoms with Crippen molar-refractivity contribution < 1.29 is 18.8 Å². The van der Waals surface area contributed by atoms with Crippen molar-refractivity contribution in [2.24, 2.45) is 0 Å². The molecule has 0 fully saturated rings. The van der Waals surface area contributed by atoms with Gasteiger partial charge in [0.15, 0.2) is 12.0 Å². The van der Waals surface area contributed by atoms with Gasteiger partial charge in [-0.3, -0.25) is 14.4 Å². The van der Waals surface area contributed by atoms with Crippen molar-refractivity contribution in [2.75, 3.05) is 0 Å². The van der Waals surface area contributed by atoms with Gasteiger partial charge in [0.2, 0.25) is 0 Å². The van der Waals surface area contributed by atoms with Gasteiger partial charge in [-0.25, -0.2) is 0 Å². The van der Waals surface area contributed by atoms with Gasteiger partial charge in [-0.1, -0.05) is 41.5 Å². The molecule has 0 aliphatic rings. The summed E-state index contributed by atoms with van der Waals surface area (Å²) < 4.78 is 5.20. The van der Waals surface area contributed by atoms with E-state index in [0.717, 1.165) is 41.4 Å². The zero-order valence-electron chi connectivity index (χ0n) is 16.2. The van der Waals surface area contributed by atoms with Crippen molar-refractivity contribution in [3.63, 3.8) is 0 Å². The Bertz CT molecular complexity index is 922. The third-order valence-electron chi connectivity index (χ3n) is 4.32. The van der Waals surface area contributed by atoms with Gasteiger partial charge in [0.05, 0.1) is 6.26 Å². The second kappa shape index (κ2) is 10.8. The average molecular weight is 376 g/mol. The lowest BCUT2D eigenvalue weighted by Gasteiger charge is -2.10. The van der Waals surface area contributed by atoms with Gasteiger partial charge in [0, 0.05) is 5.56 Å². The minimum absolute atomic E-state index is 0.247. The monoisotopic (exact) mass is 376 g/mol. The Morgan fingerprint density at radius 1 is 1.04 bits per heavy atom. The third-order valence-corrected chi connectivity index (χ3v) is 4.32. The number of allylic oxidation sites excluding steroid dienone is 5. The van der Waals surface area contributed by atoms with E-state index in [2.05, 4.69) is 19.9 Å². The topological polar surface area (TPSA) is 64.3 Å². The summed E-state index contributed by atoms with van der Waals surface area (Å²) in [6.07, 6.45) is 12.9. The molecule has 1 aromatic heterocycles. The van der Waals surface area contributed by atoms with Crippen LogP contribution in [0.1, 0.15) is 48.4 Å². The number of carbonyl (C=O) groups is 3. The predicted molar refractivity (Wildman–Crippen MR) is 111 cm³/mol. The highest BCUT2D eigenvalue weighted by molar-refractivity contribution is 5.89. The minimum Gasteiger partial charge on any atom is -0.461 e. The number of furan rings is 1. The maximum Gasteiger partial charge on any atom is 0.185 e. The number of aldehydes is 3. The van der Waals surface area contributed by atoms with Crippen LogP contribution in [0.5, 0.6) is 0 Å². The molecule has 0 unspecified atom stereocenters. The van der Waals surface area contributed by atoms with Crippen LogP contribution in [-0.4, -0.2) is 18.9 Å². The normalized spacial score (nSPS) is 11.4. The molecule has 0 saturated heterocycles. The molecule has 2 aromatic rings. The highest BCUT2D eigenvalue weighted by Gasteiger charge is 2.12. The lowest BCUT2D eigenvalue weighted by molar-refractivity contribution is -0.104. The van der Waals surface area contributed by atoms with E-state index in [9.17, 15) is 14.4 Å². The highest BCUT2D eigenvalue weighted by Crippen LogP contribution is 2.30. The first kappa shape index (κ1) is 21.0. The molecule has 28 heavy (non-hydrogen) atoms. The Labute approximate surface area is 165 Å². The van der Waals surface area contributed by atoms with Crippen LogP contribution in [-0.2, 0) is 16.0 Å². The number of hydrogen-bond acceptors (Lipinski definition) is 4. The minimum atomic E-state index is 0.247. The molecule has 0 aliphatic carbocycles. The van der Waals surface area contributed by atoms with E-state index >= 15 is 0 Å². The lowest BCUT2D eigenvalue weighted by atomic mass is 9.93. The van der Waals surface area contributed by atoms with Crippen molar-refractivity contribution in [3.8, 4) is 11.1 Å². The second-order valence-corrected chi connectivity index (χ2v) is 6.69. The maximum atomic E-state index is 11.2. The van der Waals surface area contributed by atoms with Gasteiger partial charge in [0.25, 0.3) is 0 Å². The van der Waals surface area contributed by atoms with Crippen molar-refractivity contribution in [1.82, 2.24) is 0 Å². The molecule has 144 valence electrons. The van der Waals surface area contributed by atoms with Gasteiger partial charge in [-0.15, -0.1) is 0 Å². The Morgan fingerprint density at radius 3 is 2.54 bits per heavy atom. The van der Waals surface area contributed by atoms with E-state index in [1.54, 1.807) is 18.2 Å². The molecular formula is C24H24O4. The van der Waals surface area contributed by atoms with Crippen LogP contribution in [0.2, 0.25) is 0 Å². The molecule has 4 nitrogen and oxygen atoms in total. The van der Waals surface area contributed by atoms with Gasteiger partial charge in [0.1, 0.15) is 12.6 Å². The van der Waals surface area contributed by atoms with Crippen LogP contribution in [0.3, 0.4) is 0 Å². The smallest absolute Gasteiger partial charge is 0.185 e. The Kier molecular flexibility index (Phi) is 8.10. The molecule has 4 heteroatoms. The third kappa shape index (κ3) is 5.88. The summed E-state index contributed by atoms with van der Waals surface area (Å²) in [7, 11) is 0. The Balaban J connectivity index is 2.35. The largest absolute Gasteiger partial charge is 0.461 e. The quantitative estimate of drug-likeness (QED) is 0.317. The molecule has 0 atom stereocenters. The van der Waals surface area contributed by atoms with Crippen LogP contribution >= 0.6 is 0 Å². The van der Waals surface area contributed by atoms with E-state index in [4.69, 9.17) is 4.42 Å². The molecule has 0 amide bonds. The number of benzene rings is 1. The fourth-order valence-electron chi connectivity index (χ4n) is 3.02. The molecule has 0 spiro atoms. The van der Waals surface area contributed by atoms with Crippen LogP contribution in [0.4, 0.5) is 0 Å². The van der Waals surface area contributed by atoms with Crippen molar-refractivity contribution in [1.29, 1.82) is 0 Å². The first-order chi connectivity index (χ1) is 13.6. The fourth-order valence-corrected chi connectivity index (χ4v) is 3.02. The second-order valence-electron chi connectivity index (χ2n) is 6.69. The zero-order chi connectivity index (χ0) is 20.4. The van der Waals surface area contributed by atoms with E-state index < -0.39 is 0 Å². The highest BCUT2D eigenvalue weighted by atomic mass is 16.3. The number of carbonyl (C=O) groups excluding carboxylic acids is 3. The van der Waals surface area contributed by atoms with Crippen molar-refractivity contribution >= 4 is 24.9 Å². The number of hydrogen-bond donors (Lipinski definition) is 0. The van der Waals surface area contributed by atoms with E-state index in [0.29, 0.717) is 24.6 Å². The van der Waals surface area contributed by atoms with Gasteiger partial charge < -0.3 is 4.42 Å². The first-order valence-electron chi connectivity index (χ1n) is 9.13. The molecule has 0 radical (unpaired) electrons. The summed E-state index contributed by atoms with van der Waals surface area (Å²) in [6, 6.07) is 7.58. The lowest BCUT2D eigenvalue weighted by Crippen LogP contribution is -1.95. The van der Waals surface area contributed by atoms with Crippen LogP contribution < -0.4 is 0 Å². The maximum absolute atomic E-state index is 11.2. The summed E-state index contributed by atoms with van der Waals surface area (Å²) >= 11 is 0. The van der Waals surface area contributed by atoms with Gasteiger partial charge in [-0.2, -0.15) is 0 Å². The summed E-state index contributed by atoms with van der Waals surface area (Å²) in [5.74, 6) is 0.247. The van der Waals surface area contributed by atoms with Crippen molar-refractivity contribution in [3.05, 3.63) is 76.8 Å². The zero-order valence-corrected chi connectivity index (χ0v) is 16.2. The summed E-state index contributed by atoms with van der Waals surface area (Å²) in [5.41, 5.74) is 5.62. The van der Waals surface area contributed by atoms with E-state index in [1.807, 2.05) is 18.2 Å².